The predicted octanol–water partition coefficient (Wildman–Crippen LogP) is 4.57. The van der Waals surface area contributed by atoms with E-state index in [-0.39, 0.29) is 30.2 Å². The summed E-state index contributed by atoms with van der Waals surface area (Å²) in [5.74, 6) is -4.95. The lowest BCUT2D eigenvalue weighted by atomic mass is 9.79. The summed E-state index contributed by atoms with van der Waals surface area (Å²) >= 11 is 3.26. The number of rotatable bonds is 10. The van der Waals surface area contributed by atoms with Gasteiger partial charge in [0.05, 0.1) is 35.2 Å². The Kier molecular flexibility index (Phi) is 9.07. The van der Waals surface area contributed by atoms with E-state index in [0.29, 0.717) is 18.2 Å². The summed E-state index contributed by atoms with van der Waals surface area (Å²) in [6, 6.07) is 3.17. The molecule has 0 amide bonds. The van der Waals surface area contributed by atoms with Gasteiger partial charge in [0.15, 0.2) is 0 Å². The molecule has 0 fully saturated rings. The Morgan fingerprint density at radius 2 is 1.94 bits per heavy atom. The zero-order valence-corrected chi connectivity index (χ0v) is 19.8. The molecular weight excluding hydrogens is 529 g/mol. The lowest BCUT2D eigenvalue weighted by Crippen LogP contribution is -2.38. The van der Waals surface area contributed by atoms with Crippen molar-refractivity contribution in [1.29, 1.82) is 0 Å². The summed E-state index contributed by atoms with van der Waals surface area (Å²) in [6.45, 7) is 2.31. The number of carbonyl (C=O) groups excluding carboxylic acids is 1. The Bertz CT molecular complexity index is 1040. The molecule has 0 radical (unpaired) electrons. The van der Waals surface area contributed by atoms with E-state index in [1.807, 2.05) is 5.32 Å². The van der Waals surface area contributed by atoms with E-state index < -0.39 is 51.5 Å². The molecule has 2 rings (SSSR count). The lowest BCUT2D eigenvalue weighted by molar-refractivity contribution is -0.384. The monoisotopic (exact) mass is 550 g/mol. The molecule has 9 nitrogen and oxygen atoms in total. The zero-order chi connectivity index (χ0) is 25.6. The number of alkyl halides is 4. The van der Waals surface area contributed by atoms with Gasteiger partial charge < -0.3 is 19.9 Å². The maximum atomic E-state index is 13.9. The highest BCUT2D eigenvalue weighted by Gasteiger charge is 2.48. The summed E-state index contributed by atoms with van der Waals surface area (Å²) in [5, 5.41) is 23.9. The van der Waals surface area contributed by atoms with Crippen LogP contribution >= 0.6 is 15.9 Å². The van der Waals surface area contributed by atoms with E-state index in [9.17, 15) is 38.0 Å². The van der Waals surface area contributed by atoms with Gasteiger partial charge in [0.25, 0.3) is 5.69 Å². The van der Waals surface area contributed by atoms with Gasteiger partial charge in [-0.25, -0.2) is 9.59 Å². The van der Waals surface area contributed by atoms with Crippen molar-refractivity contribution in [3.05, 3.63) is 56.4 Å². The third-order valence-electron chi connectivity index (χ3n) is 4.87. The first kappa shape index (κ1) is 27.2. The molecule has 186 valence electrons. The fourth-order valence-electron chi connectivity index (χ4n) is 3.46. The van der Waals surface area contributed by atoms with Crippen molar-refractivity contribution >= 4 is 33.6 Å². The zero-order valence-electron chi connectivity index (χ0n) is 18.2. The van der Waals surface area contributed by atoms with E-state index in [1.165, 1.54) is 13.0 Å². The molecule has 0 bridgehead atoms. The van der Waals surface area contributed by atoms with E-state index in [0.717, 1.165) is 19.1 Å². The normalized spacial score (nSPS) is 16.2. The number of benzene rings is 1. The maximum Gasteiger partial charge on any atom is 0.431 e. The van der Waals surface area contributed by atoms with Crippen LogP contribution < -0.4 is 10.1 Å². The van der Waals surface area contributed by atoms with Crippen LogP contribution in [-0.4, -0.2) is 46.7 Å². The van der Waals surface area contributed by atoms with Gasteiger partial charge in [0, 0.05) is 28.7 Å². The summed E-state index contributed by atoms with van der Waals surface area (Å²) in [6.07, 6.45) is -3.83. The average molecular weight is 551 g/mol. The molecule has 0 spiro atoms. The minimum atomic E-state index is -5.08. The second-order valence-corrected chi connectivity index (χ2v) is 7.93. The number of dihydropyridines is 1. The van der Waals surface area contributed by atoms with Gasteiger partial charge in [0.1, 0.15) is 11.4 Å². The second-order valence-electron chi connectivity index (χ2n) is 7.13. The SMILES string of the molecule is CCOC(=O)C1=C(C(F)(F)F)NC(C)=C(C(=O)O)C1c1cc([N+](=O)[O-])ccc1OCCCCBr. The number of nitrogens with zero attached hydrogens (tertiary/aromatic N) is 1. The summed E-state index contributed by atoms with van der Waals surface area (Å²) < 4.78 is 52.3. The number of carboxylic acid groups (broad SMARTS) is 1. The molecule has 0 saturated carbocycles. The fraction of sp³-hybridized carbons (Fsp3) is 0.429. The molecule has 1 aliphatic heterocycles. The number of hydrogen-bond acceptors (Lipinski definition) is 7. The summed E-state index contributed by atoms with van der Waals surface area (Å²) in [4.78, 5) is 35.5. The van der Waals surface area contributed by atoms with Crippen LogP contribution in [0.4, 0.5) is 18.9 Å². The molecule has 1 unspecified atom stereocenters. The largest absolute Gasteiger partial charge is 0.493 e. The summed E-state index contributed by atoms with van der Waals surface area (Å²) in [5.41, 5.74) is -4.29. The van der Waals surface area contributed by atoms with Gasteiger partial charge in [-0.1, -0.05) is 15.9 Å². The molecule has 1 atom stereocenters. The highest BCUT2D eigenvalue weighted by atomic mass is 79.9. The second kappa shape index (κ2) is 11.4. The molecule has 13 heteroatoms. The lowest BCUT2D eigenvalue weighted by Gasteiger charge is -2.32. The number of nitro groups is 1. The van der Waals surface area contributed by atoms with Gasteiger partial charge in [-0.3, -0.25) is 10.1 Å². The Balaban J connectivity index is 2.85. The molecular formula is C21H22BrF3N2O7. The number of nitro benzene ring substituents is 1. The van der Waals surface area contributed by atoms with Crippen LogP contribution in [0.25, 0.3) is 0 Å². The first-order chi connectivity index (χ1) is 15.9. The van der Waals surface area contributed by atoms with Crippen LogP contribution in [0.5, 0.6) is 5.75 Å². The smallest absolute Gasteiger partial charge is 0.431 e. The quantitative estimate of drug-likeness (QED) is 0.142. The Hall–Kier alpha value is -3.09. The highest BCUT2D eigenvalue weighted by Crippen LogP contribution is 2.46. The van der Waals surface area contributed by atoms with Crippen molar-refractivity contribution in [3.8, 4) is 5.75 Å². The van der Waals surface area contributed by atoms with Crippen molar-refractivity contribution in [1.82, 2.24) is 5.32 Å². The van der Waals surface area contributed by atoms with E-state index >= 15 is 0 Å². The Labute approximate surface area is 200 Å². The topological polar surface area (TPSA) is 128 Å². The number of unbranched alkanes of at least 4 members (excludes halogenated alkanes) is 1. The maximum absolute atomic E-state index is 13.9. The van der Waals surface area contributed by atoms with E-state index in [2.05, 4.69) is 15.9 Å². The predicted molar refractivity (Wildman–Crippen MR) is 118 cm³/mol. The number of allylic oxidation sites excluding steroid dienone is 2. The van der Waals surface area contributed by atoms with Gasteiger partial charge in [-0.15, -0.1) is 0 Å². The number of halogens is 4. The van der Waals surface area contributed by atoms with Gasteiger partial charge in [-0.2, -0.15) is 13.2 Å². The van der Waals surface area contributed by atoms with Crippen molar-refractivity contribution in [2.75, 3.05) is 18.5 Å². The van der Waals surface area contributed by atoms with Gasteiger partial charge in [-0.05, 0) is 32.8 Å². The van der Waals surface area contributed by atoms with E-state index in [1.54, 1.807) is 0 Å². The van der Waals surface area contributed by atoms with Crippen LogP contribution in [-0.2, 0) is 14.3 Å². The molecule has 34 heavy (non-hydrogen) atoms. The minimum absolute atomic E-state index is 0.0815. The molecule has 0 aromatic heterocycles. The first-order valence-electron chi connectivity index (χ1n) is 10.1. The number of hydrogen-bond donors (Lipinski definition) is 2. The van der Waals surface area contributed by atoms with Crippen LogP contribution in [0.2, 0.25) is 0 Å². The third-order valence-corrected chi connectivity index (χ3v) is 5.43. The van der Waals surface area contributed by atoms with Crippen LogP contribution in [0.15, 0.2) is 40.7 Å². The van der Waals surface area contributed by atoms with Crippen LogP contribution in [0.1, 0.15) is 38.2 Å². The number of carbonyl (C=O) groups is 2. The van der Waals surface area contributed by atoms with Crippen LogP contribution in [0, 0.1) is 10.1 Å². The van der Waals surface area contributed by atoms with Crippen molar-refractivity contribution < 1.29 is 42.3 Å². The van der Waals surface area contributed by atoms with E-state index in [4.69, 9.17) is 9.47 Å². The molecule has 1 aromatic rings. The third kappa shape index (κ3) is 6.07. The fourth-order valence-corrected chi connectivity index (χ4v) is 3.86. The van der Waals surface area contributed by atoms with Crippen molar-refractivity contribution in [3.63, 3.8) is 0 Å². The number of non-ortho nitro benzene ring substituents is 1. The molecule has 0 saturated heterocycles. The molecule has 0 aliphatic carbocycles. The molecule has 1 aliphatic rings. The molecule has 2 N–H and O–H groups in total. The number of esters is 1. The van der Waals surface area contributed by atoms with Crippen LogP contribution in [0.3, 0.4) is 0 Å². The molecule has 1 heterocycles. The van der Waals surface area contributed by atoms with Crippen molar-refractivity contribution in [2.24, 2.45) is 0 Å². The number of aliphatic carboxylic acids is 1. The van der Waals surface area contributed by atoms with Gasteiger partial charge in [0.2, 0.25) is 0 Å². The average Bonchev–Trinajstić information content (AvgIpc) is 2.75. The number of ether oxygens (including phenoxy) is 2. The summed E-state index contributed by atoms with van der Waals surface area (Å²) in [7, 11) is 0. The minimum Gasteiger partial charge on any atom is -0.493 e. The Morgan fingerprint density at radius 1 is 1.26 bits per heavy atom. The standard InChI is InChI=1S/C21H22BrF3N2O7/c1-3-33-20(30)17-16(15(19(28)29)11(2)26-18(17)21(23,24)25)13-10-12(27(31)32)6-7-14(13)34-9-5-4-8-22/h6-7,10,16,26H,3-5,8-9H2,1-2H3,(H,28,29). The Morgan fingerprint density at radius 3 is 2.47 bits per heavy atom. The highest BCUT2D eigenvalue weighted by molar-refractivity contribution is 9.09. The van der Waals surface area contributed by atoms with Gasteiger partial charge >= 0.3 is 18.1 Å². The number of carboxylic acids is 1. The molecule has 1 aromatic carbocycles. The number of nitrogens with one attached hydrogen (secondary N) is 1. The van der Waals surface area contributed by atoms with Crippen molar-refractivity contribution in [2.45, 2.75) is 38.8 Å². The first-order valence-corrected chi connectivity index (χ1v) is 11.2.